The molecule has 0 heterocycles. The Morgan fingerprint density at radius 1 is 1.35 bits per heavy atom. The Balaban J connectivity index is 2.99. The summed E-state index contributed by atoms with van der Waals surface area (Å²) in [7, 11) is 0. The van der Waals surface area contributed by atoms with Crippen molar-refractivity contribution in [3.05, 3.63) is 49.1 Å². The molecule has 0 aliphatic carbocycles. The Morgan fingerprint density at radius 3 is 2.41 bits per heavy atom. The number of rotatable bonds is 5. The van der Waals surface area contributed by atoms with Gasteiger partial charge in [-0.15, -0.1) is 25.8 Å². The van der Waals surface area contributed by atoms with E-state index in [2.05, 4.69) is 25.8 Å². The summed E-state index contributed by atoms with van der Waals surface area (Å²) in [6, 6.07) is 4.46. The zero-order chi connectivity index (χ0) is 12.8. The summed E-state index contributed by atoms with van der Waals surface area (Å²) in [6.07, 6.45) is 3.31. The van der Waals surface area contributed by atoms with Crippen molar-refractivity contribution >= 4 is 18.5 Å². The molecule has 0 saturated carbocycles. The molecule has 0 fully saturated rings. The zero-order valence-corrected chi connectivity index (χ0v) is 10.4. The summed E-state index contributed by atoms with van der Waals surface area (Å²) in [5.74, 6) is -0.0691. The van der Waals surface area contributed by atoms with E-state index in [9.17, 15) is 9.90 Å². The van der Waals surface area contributed by atoms with Gasteiger partial charge in [0.1, 0.15) is 5.75 Å². The molecular weight excluding hydrogens is 234 g/mol. The third-order valence-electron chi connectivity index (χ3n) is 2.20. The van der Waals surface area contributed by atoms with E-state index in [0.717, 1.165) is 0 Å². The van der Waals surface area contributed by atoms with Crippen LogP contribution in [0.1, 0.15) is 10.4 Å². The highest BCUT2D eigenvalue weighted by molar-refractivity contribution is 7.80. The van der Waals surface area contributed by atoms with Crippen molar-refractivity contribution in [2.24, 2.45) is 0 Å². The van der Waals surface area contributed by atoms with E-state index in [1.165, 1.54) is 12.1 Å². The van der Waals surface area contributed by atoms with Crippen LogP contribution in [0.4, 0.5) is 0 Å². The molecule has 90 valence electrons. The van der Waals surface area contributed by atoms with Crippen LogP contribution in [0.25, 0.3) is 0 Å². The SMILES string of the molecule is C=CCN(CC=C)C(=O)c1ccc(O)cc1S. The molecule has 1 rings (SSSR count). The second-order valence-corrected chi connectivity index (χ2v) is 3.97. The average Bonchev–Trinajstić information content (AvgIpc) is 2.28. The Kier molecular flexibility index (Phi) is 4.84. The maximum absolute atomic E-state index is 12.2. The van der Waals surface area contributed by atoms with E-state index in [1.807, 2.05) is 0 Å². The Labute approximate surface area is 106 Å². The van der Waals surface area contributed by atoms with Crippen molar-refractivity contribution in [3.8, 4) is 5.75 Å². The predicted octanol–water partition coefficient (Wildman–Crippen LogP) is 2.50. The number of thiol groups is 1. The lowest BCUT2D eigenvalue weighted by Gasteiger charge is -2.20. The minimum atomic E-state index is -0.158. The third kappa shape index (κ3) is 3.39. The molecule has 0 bridgehead atoms. The van der Waals surface area contributed by atoms with E-state index < -0.39 is 0 Å². The van der Waals surface area contributed by atoms with Gasteiger partial charge in [0.15, 0.2) is 0 Å². The lowest BCUT2D eigenvalue weighted by molar-refractivity contribution is 0.0787. The second kappa shape index (κ2) is 6.15. The summed E-state index contributed by atoms with van der Waals surface area (Å²) in [4.78, 5) is 14.2. The van der Waals surface area contributed by atoms with Crippen molar-refractivity contribution < 1.29 is 9.90 Å². The smallest absolute Gasteiger partial charge is 0.255 e. The predicted molar refractivity (Wildman–Crippen MR) is 71.7 cm³/mol. The molecule has 0 aliphatic heterocycles. The van der Waals surface area contributed by atoms with E-state index in [-0.39, 0.29) is 11.7 Å². The average molecular weight is 249 g/mol. The topological polar surface area (TPSA) is 40.5 Å². The Hall–Kier alpha value is -1.68. The van der Waals surface area contributed by atoms with Gasteiger partial charge in [-0.1, -0.05) is 12.2 Å². The number of amides is 1. The molecule has 17 heavy (non-hydrogen) atoms. The molecule has 1 aromatic carbocycles. The van der Waals surface area contributed by atoms with Crippen LogP contribution in [-0.4, -0.2) is 29.0 Å². The third-order valence-corrected chi connectivity index (χ3v) is 2.57. The van der Waals surface area contributed by atoms with Gasteiger partial charge in [0.25, 0.3) is 5.91 Å². The molecule has 0 saturated heterocycles. The highest BCUT2D eigenvalue weighted by atomic mass is 32.1. The number of carbonyl (C=O) groups is 1. The largest absolute Gasteiger partial charge is 0.508 e. The van der Waals surface area contributed by atoms with Crippen LogP contribution in [0.5, 0.6) is 5.75 Å². The van der Waals surface area contributed by atoms with Gasteiger partial charge >= 0.3 is 0 Å². The monoisotopic (exact) mass is 249 g/mol. The fraction of sp³-hybridized carbons (Fsp3) is 0.154. The molecule has 1 aromatic rings. The highest BCUT2D eigenvalue weighted by Gasteiger charge is 2.15. The fourth-order valence-corrected chi connectivity index (χ4v) is 1.73. The number of hydrogen-bond acceptors (Lipinski definition) is 3. The van der Waals surface area contributed by atoms with Crippen LogP contribution in [0.3, 0.4) is 0 Å². The normalized spacial score (nSPS) is 9.71. The summed E-state index contributed by atoms with van der Waals surface area (Å²) < 4.78 is 0. The number of phenolic OH excluding ortho intramolecular Hbond substituents is 1. The number of benzene rings is 1. The lowest BCUT2D eigenvalue weighted by atomic mass is 10.2. The molecule has 0 unspecified atom stereocenters. The number of nitrogens with zero attached hydrogens (tertiary/aromatic N) is 1. The van der Waals surface area contributed by atoms with Gasteiger partial charge in [-0.05, 0) is 18.2 Å². The maximum atomic E-state index is 12.2. The Morgan fingerprint density at radius 2 is 1.94 bits per heavy atom. The molecular formula is C13H15NO2S. The lowest BCUT2D eigenvalue weighted by Crippen LogP contribution is -2.31. The van der Waals surface area contributed by atoms with Crippen LogP contribution in [0.2, 0.25) is 0 Å². The minimum absolute atomic E-state index is 0.0885. The van der Waals surface area contributed by atoms with Crippen LogP contribution in [-0.2, 0) is 0 Å². The summed E-state index contributed by atoms with van der Waals surface area (Å²) in [6.45, 7) is 8.10. The molecule has 3 nitrogen and oxygen atoms in total. The maximum Gasteiger partial charge on any atom is 0.255 e. The van der Waals surface area contributed by atoms with Crippen molar-refractivity contribution in [1.82, 2.24) is 4.90 Å². The van der Waals surface area contributed by atoms with Crippen molar-refractivity contribution in [3.63, 3.8) is 0 Å². The summed E-state index contributed by atoms with van der Waals surface area (Å²) >= 11 is 4.18. The van der Waals surface area contributed by atoms with E-state index in [0.29, 0.717) is 23.5 Å². The minimum Gasteiger partial charge on any atom is -0.508 e. The number of hydrogen-bond donors (Lipinski definition) is 2. The first kappa shape index (κ1) is 13.4. The van der Waals surface area contributed by atoms with Crippen LogP contribution in [0, 0.1) is 0 Å². The van der Waals surface area contributed by atoms with Crippen molar-refractivity contribution in [2.45, 2.75) is 4.90 Å². The molecule has 0 radical (unpaired) electrons. The first-order valence-electron chi connectivity index (χ1n) is 5.13. The quantitative estimate of drug-likeness (QED) is 0.622. The molecule has 0 spiro atoms. The van der Waals surface area contributed by atoms with E-state index >= 15 is 0 Å². The molecule has 1 amide bonds. The highest BCUT2D eigenvalue weighted by Crippen LogP contribution is 2.21. The number of carbonyl (C=O) groups excluding carboxylic acids is 1. The van der Waals surface area contributed by atoms with Gasteiger partial charge in [-0.25, -0.2) is 0 Å². The summed E-state index contributed by atoms with van der Waals surface area (Å²) in [5, 5.41) is 9.26. The fourth-order valence-electron chi connectivity index (χ4n) is 1.42. The molecule has 0 atom stereocenters. The first-order chi connectivity index (χ1) is 8.10. The van der Waals surface area contributed by atoms with E-state index in [1.54, 1.807) is 23.1 Å². The molecule has 0 aromatic heterocycles. The van der Waals surface area contributed by atoms with Gasteiger partial charge < -0.3 is 10.0 Å². The van der Waals surface area contributed by atoms with Crippen LogP contribution >= 0.6 is 12.6 Å². The number of phenols is 1. The molecule has 0 aliphatic rings. The van der Waals surface area contributed by atoms with Gasteiger partial charge in [0.2, 0.25) is 0 Å². The van der Waals surface area contributed by atoms with Crippen molar-refractivity contribution in [2.75, 3.05) is 13.1 Å². The zero-order valence-electron chi connectivity index (χ0n) is 9.47. The van der Waals surface area contributed by atoms with Crippen molar-refractivity contribution in [1.29, 1.82) is 0 Å². The second-order valence-electron chi connectivity index (χ2n) is 3.49. The van der Waals surface area contributed by atoms with Gasteiger partial charge in [0, 0.05) is 18.0 Å². The molecule has 4 heteroatoms. The summed E-state index contributed by atoms with van der Waals surface area (Å²) in [5.41, 5.74) is 0.454. The van der Waals surface area contributed by atoms with Crippen LogP contribution in [0.15, 0.2) is 48.4 Å². The standard InChI is InChI=1S/C13H15NO2S/c1-3-7-14(8-4-2)13(16)11-6-5-10(15)9-12(11)17/h3-6,9,15,17H,1-2,7-8H2. The van der Waals surface area contributed by atoms with Gasteiger partial charge in [0.05, 0.1) is 5.56 Å². The number of aromatic hydroxyl groups is 1. The van der Waals surface area contributed by atoms with Gasteiger partial charge in [-0.3, -0.25) is 4.79 Å². The Bertz CT molecular complexity index is 433. The van der Waals surface area contributed by atoms with Crippen LogP contribution < -0.4 is 0 Å². The molecule has 1 N–H and O–H groups in total. The first-order valence-corrected chi connectivity index (χ1v) is 5.58. The van der Waals surface area contributed by atoms with Gasteiger partial charge in [-0.2, -0.15) is 0 Å². The van der Waals surface area contributed by atoms with E-state index in [4.69, 9.17) is 0 Å².